The Morgan fingerprint density at radius 2 is 1.14 bits per heavy atom. The fourth-order valence-corrected chi connectivity index (χ4v) is 1.84. The van der Waals surface area contributed by atoms with E-state index in [0.717, 1.165) is 22.6 Å². The zero-order valence-electron chi connectivity index (χ0n) is 10.8. The fraction of sp³-hybridized carbons (Fsp3) is 0. The summed E-state index contributed by atoms with van der Waals surface area (Å²) < 4.78 is 0. The van der Waals surface area contributed by atoms with Crippen LogP contribution in [0.25, 0.3) is 22.6 Å². The Bertz CT molecular complexity index is 593. The third-order valence-electron chi connectivity index (χ3n) is 2.66. The van der Waals surface area contributed by atoms with Gasteiger partial charge in [-0.05, 0) is 36.4 Å². The molecule has 0 aliphatic carbocycles. The minimum absolute atomic E-state index is 0. The SMILES string of the molecule is [Cl-].[Cl-].[Co+2].c1ccc(-c2cccnc2-c2ccccn2)nc1. The molecule has 0 fully saturated rings. The minimum Gasteiger partial charge on any atom is -1.00 e. The number of hydrogen-bond acceptors (Lipinski definition) is 3. The van der Waals surface area contributed by atoms with Crippen molar-refractivity contribution in [2.24, 2.45) is 0 Å². The van der Waals surface area contributed by atoms with Crippen molar-refractivity contribution in [3.8, 4) is 22.6 Å². The average molecular weight is 363 g/mol. The van der Waals surface area contributed by atoms with Crippen LogP contribution < -0.4 is 24.8 Å². The third-order valence-corrected chi connectivity index (χ3v) is 2.66. The first-order valence-electron chi connectivity index (χ1n) is 5.73. The first-order valence-corrected chi connectivity index (χ1v) is 5.73. The number of pyridine rings is 3. The monoisotopic (exact) mass is 362 g/mol. The molecule has 3 aromatic rings. The third kappa shape index (κ3) is 4.51. The number of nitrogens with zero attached hydrogens (tertiary/aromatic N) is 3. The first-order chi connectivity index (χ1) is 8.95. The summed E-state index contributed by atoms with van der Waals surface area (Å²) in [6.45, 7) is 0. The van der Waals surface area contributed by atoms with E-state index in [-0.39, 0.29) is 41.6 Å². The molecule has 0 N–H and O–H groups in total. The minimum atomic E-state index is 0. The Morgan fingerprint density at radius 1 is 0.571 bits per heavy atom. The predicted molar refractivity (Wildman–Crippen MR) is 70.7 cm³/mol. The molecular formula is C15H11Cl2CoN3. The number of aromatic nitrogens is 3. The molecule has 0 aliphatic rings. The Hall–Kier alpha value is -1.46. The van der Waals surface area contributed by atoms with Gasteiger partial charge in [-0.2, -0.15) is 0 Å². The van der Waals surface area contributed by atoms with E-state index in [2.05, 4.69) is 15.0 Å². The van der Waals surface area contributed by atoms with E-state index in [1.165, 1.54) is 0 Å². The van der Waals surface area contributed by atoms with E-state index in [1.807, 2.05) is 48.5 Å². The molecule has 0 aliphatic heterocycles. The van der Waals surface area contributed by atoms with Crippen LogP contribution in [0.4, 0.5) is 0 Å². The summed E-state index contributed by atoms with van der Waals surface area (Å²) in [5, 5.41) is 0. The van der Waals surface area contributed by atoms with Crippen LogP contribution in [-0.4, -0.2) is 15.0 Å². The van der Waals surface area contributed by atoms with Gasteiger partial charge in [-0.15, -0.1) is 0 Å². The first kappa shape index (κ1) is 19.5. The van der Waals surface area contributed by atoms with Crippen molar-refractivity contribution < 1.29 is 41.6 Å². The van der Waals surface area contributed by atoms with Crippen molar-refractivity contribution in [3.63, 3.8) is 0 Å². The van der Waals surface area contributed by atoms with Crippen molar-refractivity contribution in [1.82, 2.24) is 15.0 Å². The standard InChI is InChI=1S/C15H11N3.2ClH.Co/c1-3-9-16-13(7-1)12-6-5-11-18-15(12)14-8-2-4-10-17-14;;;/h1-11H;2*1H;/q;;;+2/p-2. The van der Waals surface area contributed by atoms with Crippen LogP contribution in [-0.2, 0) is 16.8 Å². The second-order valence-electron chi connectivity index (χ2n) is 3.83. The molecule has 0 aromatic carbocycles. The molecule has 0 saturated heterocycles. The molecule has 0 spiro atoms. The van der Waals surface area contributed by atoms with Gasteiger partial charge in [0.15, 0.2) is 0 Å². The molecule has 6 heteroatoms. The number of rotatable bonds is 2. The summed E-state index contributed by atoms with van der Waals surface area (Å²) in [7, 11) is 0. The largest absolute Gasteiger partial charge is 2.00 e. The number of hydrogen-bond donors (Lipinski definition) is 0. The molecule has 0 atom stereocenters. The van der Waals surface area contributed by atoms with Gasteiger partial charge in [0, 0.05) is 24.2 Å². The Balaban J connectivity index is 0.00000133. The summed E-state index contributed by atoms with van der Waals surface area (Å²) in [6.07, 6.45) is 5.33. The van der Waals surface area contributed by atoms with Crippen LogP contribution in [0.3, 0.4) is 0 Å². The fourth-order valence-electron chi connectivity index (χ4n) is 1.84. The van der Waals surface area contributed by atoms with E-state index in [9.17, 15) is 0 Å². The van der Waals surface area contributed by atoms with E-state index < -0.39 is 0 Å². The van der Waals surface area contributed by atoms with Gasteiger partial charge in [0.2, 0.25) is 0 Å². The van der Waals surface area contributed by atoms with Gasteiger partial charge in [0.1, 0.15) is 0 Å². The normalized spacial score (nSPS) is 8.76. The van der Waals surface area contributed by atoms with Crippen LogP contribution in [0, 0.1) is 0 Å². The molecule has 109 valence electrons. The zero-order chi connectivity index (χ0) is 12.2. The molecule has 3 rings (SSSR count). The molecule has 0 unspecified atom stereocenters. The van der Waals surface area contributed by atoms with Crippen molar-refractivity contribution in [2.75, 3.05) is 0 Å². The maximum atomic E-state index is 4.42. The summed E-state index contributed by atoms with van der Waals surface area (Å²) in [6, 6.07) is 15.6. The van der Waals surface area contributed by atoms with E-state index in [0.29, 0.717) is 0 Å². The van der Waals surface area contributed by atoms with Crippen LogP contribution >= 0.6 is 0 Å². The summed E-state index contributed by atoms with van der Waals surface area (Å²) in [4.78, 5) is 13.1. The molecule has 3 heterocycles. The Kier molecular flexibility index (Phi) is 8.81. The quantitative estimate of drug-likeness (QED) is 0.494. The summed E-state index contributed by atoms with van der Waals surface area (Å²) in [5.41, 5.74) is 3.62. The van der Waals surface area contributed by atoms with Crippen LogP contribution in [0.2, 0.25) is 0 Å². The van der Waals surface area contributed by atoms with Gasteiger partial charge in [-0.25, -0.2) is 0 Å². The molecule has 1 radical (unpaired) electrons. The van der Waals surface area contributed by atoms with E-state index >= 15 is 0 Å². The Labute approximate surface area is 146 Å². The average Bonchev–Trinajstić information content (AvgIpc) is 2.49. The van der Waals surface area contributed by atoms with Crippen LogP contribution in [0.15, 0.2) is 67.1 Å². The van der Waals surface area contributed by atoms with Gasteiger partial charge in [0.05, 0.1) is 17.1 Å². The molecule has 3 nitrogen and oxygen atoms in total. The van der Waals surface area contributed by atoms with Gasteiger partial charge in [0.25, 0.3) is 0 Å². The molecule has 3 aromatic heterocycles. The molecule has 0 amide bonds. The van der Waals surface area contributed by atoms with Crippen molar-refractivity contribution in [3.05, 3.63) is 67.1 Å². The second-order valence-corrected chi connectivity index (χ2v) is 3.83. The molecule has 0 bridgehead atoms. The van der Waals surface area contributed by atoms with Crippen molar-refractivity contribution in [2.45, 2.75) is 0 Å². The van der Waals surface area contributed by atoms with Gasteiger partial charge < -0.3 is 24.8 Å². The maximum absolute atomic E-state index is 4.42. The predicted octanol–water partition coefficient (Wildman–Crippen LogP) is -2.79. The van der Waals surface area contributed by atoms with E-state index in [4.69, 9.17) is 0 Å². The number of halogens is 2. The van der Waals surface area contributed by atoms with E-state index in [1.54, 1.807) is 18.6 Å². The van der Waals surface area contributed by atoms with Gasteiger partial charge >= 0.3 is 16.8 Å². The Morgan fingerprint density at radius 3 is 1.71 bits per heavy atom. The molecule has 21 heavy (non-hydrogen) atoms. The maximum Gasteiger partial charge on any atom is 2.00 e. The summed E-state index contributed by atoms with van der Waals surface area (Å²) in [5.74, 6) is 0. The summed E-state index contributed by atoms with van der Waals surface area (Å²) >= 11 is 0. The van der Waals surface area contributed by atoms with Gasteiger partial charge in [-0.1, -0.05) is 12.1 Å². The molecule has 0 saturated carbocycles. The smallest absolute Gasteiger partial charge is 1.00 e. The molecular weight excluding hydrogens is 352 g/mol. The van der Waals surface area contributed by atoms with Crippen molar-refractivity contribution in [1.29, 1.82) is 0 Å². The second kappa shape index (κ2) is 9.47. The van der Waals surface area contributed by atoms with Crippen LogP contribution in [0.5, 0.6) is 0 Å². The topological polar surface area (TPSA) is 38.7 Å². The van der Waals surface area contributed by atoms with Gasteiger partial charge in [-0.3, -0.25) is 15.0 Å². The van der Waals surface area contributed by atoms with Crippen molar-refractivity contribution >= 4 is 0 Å². The van der Waals surface area contributed by atoms with Crippen LogP contribution in [0.1, 0.15) is 0 Å². The zero-order valence-corrected chi connectivity index (χ0v) is 13.3.